The van der Waals surface area contributed by atoms with Crippen LogP contribution in [0.15, 0.2) is 36.4 Å². The predicted molar refractivity (Wildman–Crippen MR) is 73.6 cm³/mol. The van der Waals surface area contributed by atoms with Crippen molar-refractivity contribution < 1.29 is 9.66 Å². The molecule has 2 aromatic carbocycles. The maximum Gasteiger partial charge on any atom is 0.300 e. The Bertz CT molecular complexity index is 621. The number of anilines is 1. The molecule has 0 saturated carbocycles. The molecule has 19 heavy (non-hydrogen) atoms. The molecule has 0 amide bonds. The molecule has 98 valence electrons. The molecular formula is C14H14N2O3. The van der Waals surface area contributed by atoms with Gasteiger partial charge in [0.1, 0.15) is 5.69 Å². The van der Waals surface area contributed by atoms with Crippen LogP contribution in [-0.2, 0) is 4.74 Å². The number of morpholine rings is 1. The Balaban J connectivity index is 2.18. The molecule has 1 aliphatic heterocycles. The van der Waals surface area contributed by atoms with Gasteiger partial charge < -0.3 is 9.64 Å². The normalized spacial score (nSPS) is 15.7. The average Bonchev–Trinajstić information content (AvgIpc) is 2.46. The summed E-state index contributed by atoms with van der Waals surface area (Å²) in [7, 11) is 0. The number of hydrogen-bond acceptors (Lipinski definition) is 4. The Kier molecular flexibility index (Phi) is 3.05. The Morgan fingerprint density at radius 1 is 1.11 bits per heavy atom. The summed E-state index contributed by atoms with van der Waals surface area (Å²) in [5, 5.41) is 13.0. The first kappa shape index (κ1) is 11.9. The molecule has 0 spiro atoms. The third-order valence-corrected chi connectivity index (χ3v) is 3.41. The van der Waals surface area contributed by atoms with Gasteiger partial charge in [0.25, 0.3) is 5.69 Å². The fourth-order valence-corrected chi connectivity index (χ4v) is 2.49. The topological polar surface area (TPSA) is 55.6 Å². The molecule has 2 aromatic rings. The number of nitrogens with zero attached hydrogens (tertiary/aromatic N) is 2. The number of fused-ring (bicyclic) bond motifs is 1. The molecule has 1 heterocycles. The van der Waals surface area contributed by atoms with Crippen LogP contribution in [0.2, 0.25) is 0 Å². The molecule has 3 rings (SSSR count). The van der Waals surface area contributed by atoms with Crippen molar-refractivity contribution in [2.45, 2.75) is 0 Å². The van der Waals surface area contributed by atoms with Gasteiger partial charge in [-0.2, -0.15) is 0 Å². The molecule has 0 aliphatic carbocycles. The Labute approximate surface area is 110 Å². The van der Waals surface area contributed by atoms with Gasteiger partial charge in [0.15, 0.2) is 0 Å². The minimum atomic E-state index is -0.285. The van der Waals surface area contributed by atoms with E-state index in [4.69, 9.17) is 4.74 Å². The Morgan fingerprint density at radius 3 is 2.58 bits per heavy atom. The average molecular weight is 258 g/mol. The predicted octanol–water partition coefficient (Wildman–Crippen LogP) is 2.58. The van der Waals surface area contributed by atoms with Crippen LogP contribution in [0.5, 0.6) is 0 Å². The van der Waals surface area contributed by atoms with Gasteiger partial charge >= 0.3 is 0 Å². The van der Waals surface area contributed by atoms with Gasteiger partial charge in [-0.15, -0.1) is 0 Å². The highest BCUT2D eigenvalue weighted by Crippen LogP contribution is 2.35. The molecule has 0 bridgehead atoms. The first-order chi connectivity index (χ1) is 9.27. The summed E-state index contributed by atoms with van der Waals surface area (Å²) in [6.07, 6.45) is 0. The van der Waals surface area contributed by atoms with Crippen LogP contribution in [0.25, 0.3) is 10.8 Å². The minimum Gasteiger partial charge on any atom is -0.378 e. The van der Waals surface area contributed by atoms with Crippen molar-refractivity contribution in [1.82, 2.24) is 0 Å². The molecule has 0 N–H and O–H groups in total. The third-order valence-electron chi connectivity index (χ3n) is 3.41. The second-order valence-corrected chi connectivity index (χ2v) is 4.51. The maximum atomic E-state index is 11.4. The second-order valence-electron chi connectivity index (χ2n) is 4.51. The summed E-state index contributed by atoms with van der Waals surface area (Å²) < 4.78 is 5.30. The number of nitro benzene ring substituents is 1. The van der Waals surface area contributed by atoms with Crippen LogP contribution in [0.1, 0.15) is 0 Å². The summed E-state index contributed by atoms with van der Waals surface area (Å²) in [4.78, 5) is 13.2. The summed E-state index contributed by atoms with van der Waals surface area (Å²) in [6, 6.07) is 11.2. The number of benzene rings is 2. The zero-order valence-electron chi connectivity index (χ0n) is 10.4. The molecule has 5 nitrogen and oxygen atoms in total. The Morgan fingerprint density at radius 2 is 1.84 bits per heavy atom. The lowest BCUT2D eigenvalue weighted by atomic mass is 10.1. The van der Waals surface area contributed by atoms with Gasteiger partial charge in [0.05, 0.1) is 23.5 Å². The van der Waals surface area contributed by atoms with Gasteiger partial charge in [0.2, 0.25) is 0 Å². The van der Waals surface area contributed by atoms with E-state index in [1.807, 2.05) is 35.2 Å². The minimum absolute atomic E-state index is 0.194. The van der Waals surface area contributed by atoms with E-state index in [-0.39, 0.29) is 10.6 Å². The molecule has 1 saturated heterocycles. The van der Waals surface area contributed by atoms with Crippen LogP contribution in [-0.4, -0.2) is 31.2 Å². The van der Waals surface area contributed by atoms with Crippen LogP contribution in [0, 0.1) is 10.1 Å². The number of nitro groups is 1. The van der Waals surface area contributed by atoms with Crippen molar-refractivity contribution in [2.24, 2.45) is 0 Å². The van der Waals surface area contributed by atoms with E-state index in [2.05, 4.69) is 0 Å². The lowest BCUT2D eigenvalue weighted by Crippen LogP contribution is -2.36. The molecule has 1 aliphatic rings. The van der Waals surface area contributed by atoms with Crippen LogP contribution < -0.4 is 4.90 Å². The fourth-order valence-electron chi connectivity index (χ4n) is 2.49. The van der Waals surface area contributed by atoms with Crippen molar-refractivity contribution in [2.75, 3.05) is 31.2 Å². The van der Waals surface area contributed by atoms with Gasteiger partial charge in [-0.05, 0) is 17.5 Å². The summed E-state index contributed by atoms with van der Waals surface area (Å²) >= 11 is 0. The van der Waals surface area contributed by atoms with Gasteiger partial charge in [-0.1, -0.05) is 24.3 Å². The van der Waals surface area contributed by atoms with Crippen molar-refractivity contribution in [3.63, 3.8) is 0 Å². The van der Waals surface area contributed by atoms with Gasteiger partial charge in [0, 0.05) is 13.1 Å². The number of ether oxygens (including phenoxy) is 1. The standard InChI is InChI=1S/C14H14N2O3/c17-16(18)14-12-4-2-1-3-11(12)5-6-13(14)15-7-9-19-10-8-15/h1-6H,7-10H2. The molecular weight excluding hydrogens is 244 g/mol. The van der Waals surface area contributed by atoms with Crippen LogP contribution in [0.4, 0.5) is 11.4 Å². The smallest absolute Gasteiger partial charge is 0.300 e. The highest BCUT2D eigenvalue weighted by Gasteiger charge is 2.23. The summed E-state index contributed by atoms with van der Waals surface area (Å²) in [5.74, 6) is 0. The maximum absolute atomic E-state index is 11.4. The van der Waals surface area contributed by atoms with Gasteiger partial charge in [-0.25, -0.2) is 0 Å². The first-order valence-electron chi connectivity index (χ1n) is 6.26. The number of rotatable bonds is 2. The van der Waals surface area contributed by atoms with Crippen molar-refractivity contribution in [1.29, 1.82) is 0 Å². The van der Waals surface area contributed by atoms with E-state index in [0.717, 1.165) is 5.39 Å². The molecule has 5 heteroatoms. The Hall–Kier alpha value is -2.14. The lowest BCUT2D eigenvalue weighted by molar-refractivity contribution is -0.382. The van der Waals surface area contributed by atoms with E-state index in [0.29, 0.717) is 37.4 Å². The highest BCUT2D eigenvalue weighted by atomic mass is 16.6. The zero-order valence-corrected chi connectivity index (χ0v) is 10.4. The fraction of sp³-hybridized carbons (Fsp3) is 0.286. The van der Waals surface area contributed by atoms with E-state index in [1.54, 1.807) is 6.07 Å². The zero-order chi connectivity index (χ0) is 13.2. The molecule has 0 unspecified atom stereocenters. The second kappa shape index (κ2) is 4.85. The highest BCUT2D eigenvalue weighted by molar-refractivity contribution is 5.96. The molecule has 0 atom stereocenters. The van der Waals surface area contributed by atoms with E-state index < -0.39 is 0 Å². The first-order valence-corrected chi connectivity index (χ1v) is 6.26. The summed E-state index contributed by atoms with van der Waals surface area (Å²) in [6.45, 7) is 2.62. The van der Waals surface area contributed by atoms with Crippen molar-refractivity contribution >= 4 is 22.1 Å². The van der Waals surface area contributed by atoms with Gasteiger partial charge in [-0.3, -0.25) is 10.1 Å². The van der Waals surface area contributed by atoms with Crippen molar-refractivity contribution in [3.05, 3.63) is 46.5 Å². The van der Waals surface area contributed by atoms with E-state index in [9.17, 15) is 10.1 Å². The quantitative estimate of drug-likeness (QED) is 0.613. The largest absolute Gasteiger partial charge is 0.378 e. The summed E-state index contributed by atoms with van der Waals surface area (Å²) in [5.41, 5.74) is 0.881. The van der Waals surface area contributed by atoms with Crippen LogP contribution >= 0.6 is 0 Å². The number of hydrogen-bond donors (Lipinski definition) is 0. The third kappa shape index (κ3) is 2.13. The van der Waals surface area contributed by atoms with Crippen LogP contribution in [0.3, 0.4) is 0 Å². The monoisotopic (exact) mass is 258 g/mol. The molecule has 0 aromatic heterocycles. The van der Waals surface area contributed by atoms with Crippen molar-refractivity contribution in [3.8, 4) is 0 Å². The van der Waals surface area contributed by atoms with E-state index >= 15 is 0 Å². The SMILES string of the molecule is O=[N+]([O-])c1c(N2CCOCC2)ccc2ccccc12. The molecule has 0 radical (unpaired) electrons. The van der Waals surface area contributed by atoms with E-state index in [1.165, 1.54) is 0 Å². The molecule has 1 fully saturated rings. The lowest BCUT2D eigenvalue weighted by Gasteiger charge is -2.28.